The molecule has 0 bridgehead atoms. The lowest BCUT2D eigenvalue weighted by Crippen LogP contribution is -2.28. The van der Waals surface area contributed by atoms with Gasteiger partial charge in [-0.3, -0.25) is 14.2 Å². The fourth-order valence-corrected chi connectivity index (χ4v) is 3.14. The van der Waals surface area contributed by atoms with Crippen LogP contribution in [0, 0.1) is 12.7 Å². The van der Waals surface area contributed by atoms with Crippen LogP contribution in [0.25, 0.3) is 23.0 Å². The molecule has 0 saturated heterocycles. The summed E-state index contributed by atoms with van der Waals surface area (Å²) in [5.41, 5.74) is 1.66. The van der Waals surface area contributed by atoms with Gasteiger partial charge in [-0.2, -0.15) is 4.98 Å². The summed E-state index contributed by atoms with van der Waals surface area (Å²) in [6.07, 6.45) is 0. The van der Waals surface area contributed by atoms with Crippen molar-refractivity contribution >= 4 is 23.2 Å². The average molecular weight is 439 g/mol. The molecule has 4 aromatic rings. The molecule has 4 rings (SSSR count). The van der Waals surface area contributed by atoms with Crippen LogP contribution in [0.5, 0.6) is 0 Å². The topological polar surface area (TPSA) is 90.0 Å². The van der Waals surface area contributed by atoms with Gasteiger partial charge in [0.15, 0.2) is 0 Å². The van der Waals surface area contributed by atoms with Gasteiger partial charge in [0, 0.05) is 22.3 Å². The quantitative estimate of drug-likeness (QED) is 0.501. The van der Waals surface area contributed by atoms with Crippen molar-refractivity contribution in [2.45, 2.75) is 13.5 Å². The smallest absolute Gasteiger partial charge is 0.274 e. The highest BCUT2D eigenvalue weighted by atomic mass is 35.5. The summed E-state index contributed by atoms with van der Waals surface area (Å²) in [5, 5.41) is 7.09. The van der Waals surface area contributed by atoms with Crippen molar-refractivity contribution in [1.29, 1.82) is 0 Å². The maximum atomic E-state index is 13.5. The van der Waals surface area contributed by atoms with E-state index in [4.69, 9.17) is 16.1 Å². The Labute approximate surface area is 181 Å². The highest BCUT2D eigenvalue weighted by Crippen LogP contribution is 2.23. The molecule has 0 saturated carbocycles. The molecule has 1 N–H and O–H groups in total. The molecule has 0 aliphatic heterocycles. The van der Waals surface area contributed by atoms with Crippen LogP contribution in [0.3, 0.4) is 0 Å². The summed E-state index contributed by atoms with van der Waals surface area (Å²) < 4.78 is 20.0. The second-order valence-corrected chi connectivity index (χ2v) is 7.19. The van der Waals surface area contributed by atoms with Crippen molar-refractivity contribution in [2.75, 3.05) is 5.32 Å². The fourth-order valence-electron chi connectivity index (χ4n) is 2.96. The number of aryl methyl sites for hydroxylation is 1. The number of amides is 1. The predicted molar refractivity (Wildman–Crippen MR) is 114 cm³/mol. The molecule has 1 amide bonds. The number of rotatable bonds is 5. The van der Waals surface area contributed by atoms with Crippen LogP contribution in [0.1, 0.15) is 5.56 Å². The Morgan fingerprint density at radius 3 is 2.74 bits per heavy atom. The minimum Gasteiger partial charge on any atom is -0.332 e. The van der Waals surface area contributed by atoms with E-state index in [2.05, 4.69) is 15.5 Å². The highest BCUT2D eigenvalue weighted by molar-refractivity contribution is 6.31. The number of benzene rings is 2. The van der Waals surface area contributed by atoms with Crippen molar-refractivity contribution in [3.8, 4) is 23.0 Å². The number of carbonyl (C=O) groups excluding carboxylic acids is 1. The van der Waals surface area contributed by atoms with Gasteiger partial charge in [-0.05, 0) is 42.8 Å². The van der Waals surface area contributed by atoms with Gasteiger partial charge >= 0.3 is 0 Å². The lowest BCUT2D eigenvalue weighted by atomic mass is 10.2. The molecule has 2 heterocycles. The maximum absolute atomic E-state index is 13.5. The van der Waals surface area contributed by atoms with E-state index in [1.165, 1.54) is 34.9 Å². The van der Waals surface area contributed by atoms with Gasteiger partial charge in [0.1, 0.15) is 18.1 Å². The normalized spacial score (nSPS) is 10.8. The summed E-state index contributed by atoms with van der Waals surface area (Å²) in [6, 6.07) is 15.3. The van der Waals surface area contributed by atoms with E-state index in [9.17, 15) is 14.0 Å². The van der Waals surface area contributed by atoms with Gasteiger partial charge in [0.25, 0.3) is 11.4 Å². The van der Waals surface area contributed by atoms with Gasteiger partial charge in [0.05, 0.1) is 0 Å². The van der Waals surface area contributed by atoms with E-state index in [1.54, 1.807) is 30.3 Å². The summed E-state index contributed by atoms with van der Waals surface area (Å²) in [6.45, 7) is 1.57. The summed E-state index contributed by atoms with van der Waals surface area (Å²) in [5.74, 6) is -0.674. The Hall–Kier alpha value is -3.78. The Bertz CT molecular complexity index is 1330. The van der Waals surface area contributed by atoms with Crippen LogP contribution in [-0.4, -0.2) is 20.6 Å². The van der Waals surface area contributed by atoms with Crippen molar-refractivity contribution in [3.05, 3.63) is 87.4 Å². The second kappa shape index (κ2) is 8.53. The van der Waals surface area contributed by atoms with E-state index in [1.807, 2.05) is 6.92 Å². The summed E-state index contributed by atoms with van der Waals surface area (Å²) in [7, 11) is 0. The van der Waals surface area contributed by atoms with Crippen LogP contribution >= 0.6 is 11.6 Å². The molecule has 9 heteroatoms. The number of halogens is 2. The third-order valence-corrected chi connectivity index (χ3v) is 4.94. The lowest BCUT2D eigenvalue weighted by molar-refractivity contribution is -0.116. The molecule has 7 nitrogen and oxygen atoms in total. The Morgan fingerprint density at radius 2 is 1.97 bits per heavy atom. The van der Waals surface area contributed by atoms with Gasteiger partial charge in [0.2, 0.25) is 11.7 Å². The molecular weight excluding hydrogens is 423 g/mol. The number of nitrogens with one attached hydrogen (secondary N) is 1. The minimum atomic E-state index is -0.437. The molecule has 0 unspecified atom stereocenters. The zero-order valence-corrected chi connectivity index (χ0v) is 17.1. The molecule has 156 valence electrons. The fraction of sp³-hybridized carbons (Fsp3) is 0.0909. The molecule has 0 aliphatic rings. The first-order valence-electron chi connectivity index (χ1n) is 9.26. The molecule has 31 heavy (non-hydrogen) atoms. The van der Waals surface area contributed by atoms with Crippen LogP contribution in [0.4, 0.5) is 10.1 Å². The van der Waals surface area contributed by atoms with Gasteiger partial charge < -0.3 is 9.84 Å². The largest absolute Gasteiger partial charge is 0.332 e. The first-order valence-corrected chi connectivity index (χ1v) is 9.64. The van der Waals surface area contributed by atoms with Gasteiger partial charge in [-0.1, -0.05) is 41.0 Å². The van der Waals surface area contributed by atoms with Crippen molar-refractivity contribution in [3.63, 3.8) is 0 Å². The van der Waals surface area contributed by atoms with E-state index >= 15 is 0 Å². The SMILES string of the molecule is Cc1ccc(NC(=O)Cn2c(-c3nc(-c4cccc(F)c4)no3)cccc2=O)cc1Cl. The molecule has 0 spiro atoms. The van der Waals surface area contributed by atoms with E-state index < -0.39 is 17.3 Å². The summed E-state index contributed by atoms with van der Waals surface area (Å²) >= 11 is 6.09. The molecule has 2 aromatic carbocycles. The third kappa shape index (κ3) is 4.54. The standard InChI is InChI=1S/C22H16ClFN4O3/c1-13-8-9-16(11-17(13)23)25-19(29)12-28-18(6-3-7-20(28)30)22-26-21(27-31-22)14-4-2-5-15(24)10-14/h2-11H,12H2,1H3,(H,25,29). The zero-order chi connectivity index (χ0) is 22.0. The number of hydrogen-bond acceptors (Lipinski definition) is 5. The van der Waals surface area contributed by atoms with Crippen LogP contribution in [0.2, 0.25) is 5.02 Å². The van der Waals surface area contributed by atoms with Crippen LogP contribution in [-0.2, 0) is 11.3 Å². The van der Waals surface area contributed by atoms with Crippen molar-refractivity contribution < 1.29 is 13.7 Å². The van der Waals surface area contributed by atoms with Gasteiger partial charge in [-0.25, -0.2) is 4.39 Å². The number of pyridine rings is 1. The minimum absolute atomic E-state index is 0.0307. The van der Waals surface area contributed by atoms with E-state index in [0.29, 0.717) is 16.3 Å². The van der Waals surface area contributed by atoms with Crippen molar-refractivity contribution in [1.82, 2.24) is 14.7 Å². The lowest BCUT2D eigenvalue weighted by Gasteiger charge is -2.11. The average Bonchev–Trinajstić information content (AvgIpc) is 3.22. The number of anilines is 1. The first kappa shape index (κ1) is 20.5. The third-order valence-electron chi connectivity index (χ3n) is 4.53. The molecule has 0 atom stereocenters. The molecule has 0 aliphatic carbocycles. The molecule has 0 fully saturated rings. The number of carbonyl (C=O) groups is 1. The Morgan fingerprint density at radius 1 is 1.16 bits per heavy atom. The number of nitrogens with zero attached hydrogens (tertiary/aromatic N) is 3. The zero-order valence-electron chi connectivity index (χ0n) is 16.3. The van der Waals surface area contributed by atoms with E-state index in [-0.39, 0.29) is 24.0 Å². The molecule has 0 radical (unpaired) electrons. The Kier molecular flexibility index (Phi) is 5.64. The number of hydrogen-bond donors (Lipinski definition) is 1. The van der Waals surface area contributed by atoms with Gasteiger partial charge in [-0.15, -0.1) is 0 Å². The maximum Gasteiger partial charge on any atom is 0.274 e. The molecule has 2 aromatic heterocycles. The number of aromatic nitrogens is 3. The summed E-state index contributed by atoms with van der Waals surface area (Å²) in [4.78, 5) is 29.3. The Balaban J connectivity index is 1.61. The molecular formula is C22H16ClFN4O3. The first-order chi connectivity index (χ1) is 14.9. The monoisotopic (exact) mass is 438 g/mol. The predicted octanol–water partition coefficient (Wildman–Crippen LogP) is 4.30. The highest BCUT2D eigenvalue weighted by Gasteiger charge is 2.17. The van der Waals surface area contributed by atoms with E-state index in [0.717, 1.165) is 5.56 Å². The van der Waals surface area contributed by atoms with Crippen LogP contribution < -0.4 is 10.9 Å². The van der Waals surface area contributed by atoms with Crippen LogP contribution in [0.15, 0.2) is 70.0 Å². The van der Waals surface area contributed by atoms with Crippen molar-refractivity contribution in [2.24, 2.45) is 0 Å². The second-order valence-electron chi connectivity index (χ2n) is 6.78.